The summed E-state index contributed by atoms with van der Waals surface area (Å²) >= 11 is 5.79. The van der Waals surface area contributed by atoms with Crippen LogP contribution in [0.5, 0.6) is 11.5 Å². The van der Waals surface area contributed by atoms with Crippen LogP contribution in [0.4, 0.5) is 0 Å². The number of rotatable bonds is 9. The first-order chi connectivity index (χ1) is 12.2. The average Bonchev–Trinajstić information content (AvgIpc) is 2.63. The van der Waals surface area contributed by atoms with Crippen molar-refractivity contribution in [2.45, 2.75) is 19.8 Å². The molecule has 2 aromatic rings. The number of amides is 1. The van der Waals surface area contributed by atoms with Gasteiger partial charge in [-0.1, -0.05) is 37.1 Å². The van der Waals surface area contributed by atoms with Gasteiger partial charge in [-0.05, 0) is 42.8 Å². The van der Waals surface area contributed by atoms with E-state index in [4.69, 9.17) is 21.1 Å². The van der Waals surface area contributed by atoms with Gasteiger partial charge in [-0.3, -0.25) is 4.79 Å². The van der Waals surface area contributed by atoms with Crippen LogP contribution in [0.3, 0.4) is 0 Å². The quantitative estimate of drug-likeness (QED) is 0.417. The third-order valence-electron chi connectivity index (χ3n) is 3.25. The second kappa shape index (κ2) is 10.4. The van der Waals surface area contributed by atoms with Gasteiger partial charge in [-0.25, -0.2) is 5.43 Å². The summed E-state index contributed by atoms with van der Waals surface area (Å²) < 4.78 is 11.1. The van der Waals surface area contributed by atoms with Crippen LogP contribution in [0.15, 0.2) is 53.6 Å². The first-order valence-electron chi connectivity index (χ1n) is 8.11. The molecule has 0 aliphatic carbocycles. The van der Waals surface area contributed by atoms with E-state index in [1.165, 1.54) is 0 Å². The summed E-state index contributed by atoms with van der Waals surface area (Å²) in [5.74, 6) is 0.958. The average molecular weight is 361 g/mol. The molecule has 2 rings (SSSR count). The number of nitrogens with one attached hydrogen (secondary N) is 1. The smallest absolute Gasteiger partial charge is 0.277 e. The second-order valence-electron chi connectivity index (χ2n) is 5.28. The van der Waals surface area contributed by atoms with Crippen molar-refractivity contribution in [2.75, 3.05) is 13.2 Å². The Hall–Kier alpha value is -2.53. The fraction of sp³-hybridized carbons (Fsp3) is 0.263. The van der Waals surface area contributed by atoms with Crippen molar-refractivity contribution in [3.8, 4) is 11.5 Å². The molecule has 0 saturated heterocycles. The predicted molar refractivity (Wildman–Crippen MR) is 99.5 cm³/mol. The van der Waals surface area contributed by atoms with Crippen LogP contribution in [0.1, 0.15) is 25.3 Å². The van der Waals surface area contributed by atoms with Gasteiger partial charge in [0.1, 0.15) is 11.5 Å². The molecule has 0 unspecified atom stereocenters. The molecule has 132 valence electrons. The number of para-hydroxylation sites is 1. The molecule has 0 bridgehead atoms. The van der Waals surface area contributed by atoms with Crippen LogP contribution >= 0.6 is 11.6 Å². The highest BCUT2D eigenvalue weighted by Crippen LogP contribution is 2.16. The SMILES string of the molecule is CCCCOc1ccccc1/C=N/NC(=O)COc1ccc(Cl)cc1. The highest BCUT2D eigenvalue weighted by atomic mass is 35.5. The molecule has 0 aliphatic heterocycles. The number of nitrogens with zero attached hydrogens (tertiary/aromatic N) is 1. The van der Waals surface area contributed by atoms with Crippen LogP contribution in [-0.4, -0.2) is 25.3 Å². The van der Waals surface area contributed by atoms with Crippen LogP contribution in [0.25, 0.3) is 0 Å². The van der Waals surface area contributed by atoms with Crippen molar-refractivity contribution in [2.24, 2.45) is 5.10 Å². The third kappa shape index (κ3) is 6.85. The van der Waals surface area contributed by atoms with E-state index in [1.54, 1.807) is 30.5 Å². The molecule has 0 saturated carbocycles. The number of carbonyl (C=O) groups excluding carboxylic acids is 1. The van der Waals surface area contributed by atoms with Crippen LogP contribution in [0.2, 0.25) is 5.02 Å². The highest BCUT2D eigenvalue weighted by Gasteiger charge is 2.03. The zero-order valence-electron chi connectivity index (χ0n) is 14.1. The summed E-state index contributed by atoms with van der Waals surface area (Å²) in [6, 6.07) is 14.3. The first kappa shape index (κ1) is 18.8. The molecule has 25 heavy (non-hydrogen) atoms. The first-order valence-corrected chi connectivity index (χ1v) is 8.49. The Balaban J connectivity index is 1.81. The molecule has 1 N–H and O–H groups in total. The maximum absolute atomic E-state index is 11.8. The lowest BCUT2D eigenvalue weighted by molar-refractivity contribution is -0.123. The van der Waals surface area contributed by atoms with Gasteiger partial charge in [0.2, 0.25) is 0 Å². The zero-order valence-corrected chi connectivity index (χ0v) is 14.8. The molecule has 0 radical (unpaired) electrons. The molecule has 0 spiro atoms. The topological polar surface area (TPSA) is 59.9 Å². The van der Waals surface area contributed by atoms with Gasteiger partial charge in [-0.15, -0.1) is 0 Å². The molecule has 5 nitrogen and oxygen atoms in total. The standard InChI is InChI=1S/C19H21ClN2O3/c1-2-3-12-24-18-7-5-4-6-15(18)13-21-22-19(23)14-25-17-10-8-16(20)9-11-17/h4-11,13H,2-3,12,14H2,1H3,(H,22,23)/b21-13+. The van der Waals surface area contributed by atoms with Crippen LogP contribution in [0, 0.1) is 0 Å². The minimum atomic E-state index is -0.351. The zero-order chi connectivity index (χ0) is 17.9. The lowest BCUT2D eigenvalue weighted by atomic mass is 10.2. The maximum atomic E-state index is 11.8. The number of hydrogen-bond donors (Lipinski definition) is 1. The van der Waals surface area contributed by atoms with Crippen molar-refractivity contribution >= 4 is 23.7 Å². The van der Waals surface area contributed by atoms with Gasteiger partial charge in [0.25, 0.3) is 5.91 Å². The van der Waals surface area contributed by atoms with Crippen molar-refractivity contribution in [1.82, 2.24) is 5.43 Å². The Morgan fingerprint density at radius 2 is 1.92 bits per heavy atom. The summed E-state index contributed by atoms with van der Waals surface area (Å²) in [6.45, 7) is 2.63. The summed E-state index contributed by atoms with van der Waals surface area (Å²) in [5, 5.41) is 4.56. The van der Waals surface area contributed by atoms with E-state index in [0.717, 1.165) is 24.2 Å². The Morgan fingerprint density at radius 3 is 2.68 bits per heavy atom. The van der Waals surface area contributed by atoms with Crippen LogP contribution < -0.4 is 14.9 Å². The van der Waals surface area contributed by atoms with E-state index < -0.39 is 0 Å². The molecule has 0 aromatic heterocycles. The number of ether oxygens (including phenoxy) is 2. The highest BCUT2D eigenvalue weighted by molar-refractivity contribution is 6.30. The summed E-state index contributed by atoms with van der Waals surface area (Å²) in [6.07, 6.45) is 3.62. The number of halogens is 1. The van der Waals surface area contributed by atoms with Gasteiger partial charge in [-0.2, -0.15) is 5.10 Å². The minimum absolute atomic E-state index is 0.131. The molecule has 0 heterocycles. The molecule has 0 atom stereocenters. The van der Waals surface area contributed by atoms with Gasteiger partial charge >= 0.3 is 0 Å². The number of hydrazone groups is 1. The fourth-order valence-corrected chi connectivity index (χ4v) is 2.06. The molecule has 0 fully saturated rings. The molecule has 6 heteroatoms. The summed E-state index contributed by atoms with van der Waals surface area (Å²) in [5.41, 5.74) is 3.23. The second-order valence-corrected chi connectivity index (χ2v) is 5.71. The Morgan fingerprint density at radius 1 is 1.16 bits per heavy atom. The molecule has 0 aliphatic rings. The molecular formula is C19H21ClN2O3. The summed E-state index contributed by atoms with van der Waals surface area (Å²) in [7, 11) is 0. The van der Waals surface area contributed by atoms with Gasteiger partial charge in [0.05, 0.1) is 12.8 Å². The Bertz CT molecular complexity index is 702. The minimum Gasteiger partial charge on any atom is -0.493 e. The van der Waals surface area contributed by atoms with E-state index in [1.807, 2.05) is 24.3 Å². The third-order valence-corrected chi connectivity index (χ3v) is 3.50. The lowest BCUT2D eigenvalue weighted by Gasteiger charge is -2.08. The van der Waals surface area contributed by atoms with Crippen molar-refractivity contribution < 1.29 is 14.3 Å². The number of benzene rings is 2. The van der Waals surface area contributed by atoms with Crippen LogP contribution in [-0.2, 0) is 4.79 Å². The molecule has 1 amide bonds. The normalized spacial score (nSPS) is 10.6. The van der Waals surface area contributed by atoms with E-state index in [0.29, 0.717) is 17.4 Å². The van der Waals surface area contributed by atoms with E-state index in [2.05, 4.69) is 17.5 Å². The number of carbonyl (C=O) groups is 1. The largest absolute Gasteiger partial charge is 0.493 e. The number of hydrogen-bond acceptors (Lipinski definition) is 4. The lowest BCUT2D eigenvalue weighted by Crippen LogP contribution is -2.24. The Labute approximate surface area is 152 Å². The number of unbranched alkanes of at least 4 members (excludes halogenated alkanes) is 1. The monoisotopic (exact) mass is 360 g/mol. The molecule has 2 aromatic carbocycles. The van der Waals surface area contributed by atoms with E-state index in [-0.39, 0.29) is 12.5 Å². The maximum Gasteiger partial charge on any atom is 0.277 e. The van der Waals surface area contributed by atoms with Crippen molar-refractivity contribution in [3.63, 3.8) is 0 Å². The fourth-order valence-electron chi connectivity index (χ4n) is 1.93. The van der Waals surface area contributed by atoms with E-state index in [9.17, 15) is 4.79 Å². The van der Waals surface area contributed by atoms with E-state index >= 15 is 0 Å². The van der Waals surface area contributed by atoms with Crippen molar-refractivity contribution in [1.29, 1.82) is 0 Å². The molecular weight excluding hydrogens is 340 g/mol. The summed E-state index contributed by atoms with van der Waals surface area (Å²) in [4.78, 5) is 11.8. The predicted octanol–water partition coefficient (Wildman–Crippen LogP) is 4.05. The van der Waals surface area contributed by atoms with Gasteiger partial charge in [0, 0.05) is 10.6 Å². The Kier molecular flexibility index (Phi) is 7.79. The van der Waals surface area contributed by atoms with Crippen molar-refractivity contribution in [3.05, 3.63) is 59.1 Å². The van der Waals surface area contributed by atoms with Gasteiger partial charge < -0.3 is 9.47 Å². The van der Waals surface area contributed by atoms with Gasteiger partial charge in [0.15, 0.2) is 6.61 Å².